The van der Waals surface area contributed by atoms with E-state index >= 15 is 0 Å². The van der Waals surface area contributed by atoms with Crippen LogP contribution >= 0.6 is 11.6 Å². The Kier molecular flexibility index (Phi) is 5.81. The summed E-state index contributed by atoms with van der Waals surface area (Å²) in [5, 5.41) is 21.2. The van der Waals surface area contributed by atoms with E-state index in [4.69, 9.17) is 21.1 Å². The highest BCUT2D eigenvalue weighted by atomic mass is 35.5. The predicted molar refractivity (Wildman–Crippen MR) is 105 cm³/mol. The molecule has 2 aromatic carbocycles. The Bertz CT molecular complexity index is 990. The third-order valence-corrected chi connectivity index (χ3v) is 4.10. The summed E-state index contributed by atoms with van der Waals surface area (Å²) in [4.78, 5) is 12.2. The fraction of sp³-hybridized carbons (Fsp3) is 0.105. The summed E-state index contributed by atoms with van der Waals surface area (Å²) in [6.07, 6.45) is 1.40. The molecule has 0 saturated heterocycles. The minimum absolute atomic E-state index is 0.113. The number of phenolic OH excluding ortho intramolecular Hbond substituents is 1. The van der Waals surface area contributed by atoms with Gasteiger partial charge in [0.05, 0.1) is 26.1 Å². The monoisotopic (exact) mass is 400 g/mol. The maximum atomic E-state index is 12.2. The number of aromatic amines is 1. The van der Waals surface area contributed by atoms with Crippen molar-refractivity contribution in [3.63, 3.8) is 0 Å². The number of carbonyl (C=O) groups excluding carboxylic acids is 1. The van der Waals surface area contributed by atoms with Crippen LogP contribution < -0.4 is 14.9 Å². The maximum Gasteiger partial charge on any atom is 0.289 e. The lowest BCUT2D eigenvalue weighted by Crippen LogP contribution is -2.18. The summed E-state index contributed by atoms with van der Waals surface area (Å²) in [5.41, 5.74) is 4.66. The molecule has 8 nitrogen and oxygen atoms in total. The standard InChI is InChI=1S/C19H17ClN4O4/c1-27-16-7-11(8-17(28-2)18(16)25)10-21-24-19(26)15-9-14(22-23-15)12-3-5-13(20)6-4-12/h3-10,25H,1-2H3,(H,22,23)(H,24,26). The molecule has 3 rings (SSSR count). The van der Waals surface area contributed by atoms with Gasteiger partial charge in [0.15, 0.2) is 11.5 Å². The average Bonchev–Trinajstić information content (AvgIpc) is 3.19. The van der Waals surface area contributed by atoms with Gasteiger partial charge in [-0.15, -0.1) is 0 Å². The van der Waals surface area contributed by atoms with Gasteiger partial charge in [0.25, 0.3) is 5.91 Å². The maximum absolute atomic E-state index is 12.2. The number of benzene rings is 2. The molecule has 0 atom stereocenters. The highest BCUT2D eigenvalue weighted by molar-refractivity contribution is 6.30. The van der Waals surface area contributed by atoms with Crippen LogP contribution in [0.1, 0.15) is 16.1 Å². The second-order valence-electron chi connectivity index (χ2n) is 5.65. The van der Waals surface area contributed by atoms with Crippen LogP contribution in [0.4, 0.5) is 0 Å². The van der Waals surface area contributed by atoms with E-state index in [1.165, 1.54) is 20.4 Å². The second kappa shape index (κ2) is 8.45. The number of rotatable bonds is 6. The lowest BCUT2D eigenvalue weighted by atomic mass is 10.1. The van der Waals surface area contributed by atoms with Crippen molar-refractivity contribution in [2.75, 3.05) is 14.2 Å². The molecule has 0 aliphatic heterocycles. The fourth-order valence-corrected chi connectivity index (χ4v) is 2.55. The zero-order chi connectivity index (χ0) is 20.1. The first-order valence-electron chi connectivity index (χ1n) is 8.11. The first-order chi connectivity index (χ1) is 13.5. The summed E-state index contributed by atoms with van der Waals surface area (Å²) < 4.78 is 10.2. The van der Waals surface area contributed by atoms with Gasteiger partial charge in [-0.25, -0.2) is 5.43 Å². The van der Waals surface area contributed by atoms with Gasteiger partial charge in [-0.05, 0) is 30.3 Å². The van der Waals surface area contributed by atoms with Crippen LogP contribution in [0.25, 0.3) is 11.3 Å². The number of hydrazone groups is 1. The Morgan fingerprint density at radius 1 is 1.18 bits per heavy atom. The lowest BCUT2D eigenvalue weighted by molar-refractivity contribution is 0.0950. The Morgan fingerprint density at radius 2 is 1.82 bits per heavy atom. The number of H-pyrrole nitrogens is 1. The Labute approximate surface area is 165 Å². The molecule has 0 spiro atoms. The fourth-order valence-electron chi connectivity index (χ4n) is 2.42. The van der Waals surface area contributed by atoms with Crippen LogP contribution in [0, 0.1) is 0 Å². The number of aromatic hydroxyl groups is 1. The molecule has 0 unspecified atom stereocenters. The number of ether oxygens (including phenoxy) is 2. The van der Waals surface area contributed by atoms with E-state index in [-0.39, 0.29) is 22.9 Å². The van der Waals surface area contributed by atoms with Gasteiger partial charge in [0.1, 0.15) is 5.69 Å². The number of nitrogens with one attached hydrogen (secondary N) is 2. The van der Waals surface area contributed by atoms with Gasteiger partial charge in [-0.3, -0.25) is 9.89 Å². The van der Waals surface area contributed by atoms with E-state index in [1.54, 1.807) is 30.3 Å². The number of methoxy groups -OCH3 is 2. The highest BCUT2D eigenvalue weighted by Crippen LogP contribution is 2.36. The van der Waals surface area contributed by atoms with Crippen molar-refractivity contribution in [1.29, 1.82) is 0 Å². The first-order valence-corrected chi connectivity index (χ1v) is 8.49. The molecule has 0 radical (unpaired) electrons. The molecule has 9 heteroatoms. The number of hydrogen-bond acceptors (Lipinski definition) is 6. The molecular formula is C19H17ClN4O4. The summed E-state index contributed by atoms with van der Waals surface area (Å²) >= 11 is 5.87. The zero-order valence-electron chi connectivity index (χ0n) is 15.1. The Morgan fingerprint density at radius 3 is 2.43 bits per heavy atom. The van der Waals surface area contributed by atoms with Crippen LogP contribution in [0.15, 0.2) is 47.6 Å². The molecule has 0 saturated carbocycles. The normalized spacial score (nSPS) is 10.8. The first kappa shape index (κ1) is 19.2. The van der Waals surface area contributed by atoms with Crippen molar-refractivity contribution in [2.45, 2.75) is 0 Å². The van der Waals surface area contributed by atoms with Crippen molar-refractivity contribution in [2.24, 2.45) is 5.10 Å². The van der Waals surface area contributed by atoms with Gasteiger partial charge >= 0.3 is 0 Å². The van der Waals surface area contributed by atoms with E-state index in [2.05, 4.69) is 20.7 Å². The minimum atomic E-state index is -0.457. The summed E-state index contributed by atoms with van der Waals surface area (Å²) in [5.74, 6) is -0.110. The molecular weight excluding hydrogens is 384 g/mol. The number of carbonyl (C=O) groups is 1. The van der Waals surface area contributed by atoms with Gasteiger partial charge in [-0.2, -0.15) is 10.2 Å². The Balaban J connectivity index is 1.70. The van der Waals surface area contributed by atoms with Crippen molar-refractivity contribution < 1.29 is 19.4 Å². The quantitative estimate of drug-likeness (QED) is 0.435. The molecule has 3 aromatic rings. The number of nitrogens with zero attached hydrogens (tertiary/aromatic N) is 2. The molecule has 1 heterocycles. The SMILES string of the molecule is COc1cc(C=NNC(=O)c2cc(-c3ccc(Cl)cc3)n[nH]2)cc(OC)c1O. The van der Waals surface area contributed by atoms with E-state index in [1.807, 2.05) is 12.1 Å². The van der Waals surface area contributed by atoms with Crippen LogP contribution in [0.5, 0.6) is 17.2 Å². The predicted octanol–water partition coefficient (Wildman–Crippen LogP) is 3.22. The largest absolute Gasteiger partial charge is 0.502 e. The third-order valence-electron chi connectivity index (χ3n) is 3.84. The topological polar surface area (TPSA) is 109 Å². The number of aromatic nitrogens is 2. The van der Waals surface area contributed by atoms with Crippen LogP contribution in [0.3, 0.4) is 0 Å². The summed E-state index contributed by atoms with van der Waals surface area (Å²) in [7, 11) is 2.85. The van der Waals surface area contributed by atoms with Crippen molar-refractivity contribution in [3.8, 4) is 28.5 Å². The smallest absolute Gasteiger partial charge is 0.289 e. The van der Waals surface area contributed by atoms with Crippen molar-refractivity contribution in [3.05, 3.63) is 58.7 Å². The molecule has 0 bridgehead atoms. The number of halogens is 1. The minimum Gasteiger partial charge on any atom is -0.502 e. The van der Waals surface area contributed by atoms with E-state index in [9.17, 15) is 9.90 Å². The van der Waals surface area contributed by atoms with Crippen LogP contribution in [-0.2, 0) is 0 Å². The van der Waals surface area contributed by atoms with Crippen LogP contribution in [0.2, 0.25) is 5.02 Å². The molecule has 3 N–H and O–H groups in total. The van der Waals surface area contributed by atoms with E-state index in [0.717, 1.165) is 5.56 Å². The van der Waals surface area contributed by atoms with Gasteiger partial charge in [0.2, 0.25) is 5.75 Å². The molecule has 0 aliphatic rings. The molecule has 144 valence electrons. The number of phenols is 1. The third kappa shape index (κ3) is 4.24. The number of hydrogen-bond donors (Lipinski definition) is 3. The Hall–Kier alpha value is -3.52. The molecule has 0 aliphatic carbocycles. The van der Waals surface area contributed by atoms with E-state index < -0.39 is 5.91 Å². The lowest BCUT2D eigenvalue weighted by Gasteiger charge is -2.09. The summed E-state index contributed by atoms with van der Waals surface area (Å²) in [6.45, 7) is 0. The average molecular weight is 401 g/mol. The molecule has 1 amide bonds. The van der Waals surface area contributed by atoms with Crippen molar-refractivity contribution in [1.82, 2.24) is 15.6 Å². The second-order valence-corrected chi connectivity index (χ2v) is 6.08. The molecule has 1 aromatic heterocycles. The van der Waals surface area contributed by atoms with Crippen LogP contribution in [-0.4, -0.2) is 41.6 Å². The van der Waals surface area contributed by atoms with Gasteiger partial charge < -0.3 is 14.6 Å². The number of amides is 1. The van der Waals surface area contributed by atoms with E-state index in [0.29, 0.717) is 16.3 Å². The molecule has 28 heavy (non-hydrogen) atoms. The highest BCUT2D eigenvalue weighted by Gasteiger charge is 2.12. The van der Waals surface area contributed by atoms with Crippen molar-refractivity contribution >= 4 is 23.7 Å². The molecule has 0 fully saturated rings. The van der Waals surface area contributed by atoms with Gasteiger partial charge in [-0.1, -0.05) is 23.7 Å². The zero-order valence-corrected chi connectivity index (χ0v) is 15.8. The van der Waals surface area contributed by atoms with Gasteiger partial charge in [0, 0.05) is 16.1 Å². The summed E-state index contributed by atoms with van der Waals surface area (Å²) in [6, 6.07) is 11.8.